The molecule has 1 unspecified atom stereocenters. The summed E-state index contributed by atoms with van der Waals surface area (Å²) in [6.07, 6.45) is 0. The fourth-order valence-electron chi connectivity index (χ4n) is 1.46. The predicted molar refractivity (Wildman–Crippen MR) is 64.6 cm³/mol. The van der Waals surface area contributed by atoms with E-state index in [0.29, 0.717) is 6.54 Å². The van der Waals surface area contributed by atoms with Gasteiger partial charge in [0.2, 0.25) is 0 Å². The normalized spacial score (nSPS) is 12.2. The van der Waals surface area contributed by atoms with Crippen LogP contribution in [0.25, 0.3) is 0 Å². The van der Waals surface area contributed by atoms with Crippen molar-refractivity contribution >= 4 is 11.6 Å². The lowest BCUT2D eigenvalue weighted by molar-refractivity contribution is 0.335. The van der Waals surface area contributed by atoms with Gasteiger partial charge in [-0.2, -0.15) is 5.26 Å². The number of nitrogens with zero attached hydrogens (tertiary/aromatic N) is 2. The molecule has 1 aromatic carbocycles. The molecular formula is C12H15ClN2O. The van der Waals surface area contributed by atoms with Crippen molar-refractivity contribution in [3.05, 3.63) is 29.8 Å². The minimum atomic E-state index is -0.462. The van der Waals surface area contributed by atoms with Gasteiger partial charge in [-0.3, -0.25) is 4.90 Å². The molecule has 0 N–H and O–H groups in total. The van der Waals surface area contributed by atoms with Crippen molar-refractivity contribution in [2.45, 2.75) is 11.9 Å². The van der Waals surface area contributed by atoms with Crippen molar-refractivity contribution < 1.29 is 4.74 Å². The fraction of sp³-hybridized carbons (Fsp3) is 0.417. The zero-order chi connectivity index (χ0) is 12.0. The average Bonchev–Trinajstić information content (AvgIpc) is 2.28. The van der Waals surface area contributed by atoms with E-state index in [0.717, 1.165) is 17.9 Å². The first-order chi connectivity index (χ1) is 7.65. The summed E-state index contributed by atoms with van der Waals surface area (Å²) in [6, 6.07) is 9.86. The number of hydrogen-bond donors (Lipinski definition) is 0. The lowest BCUT2D eigenvalue weighted by atomic mass is 10.2. The summed E-state index contributed by atoms with van der Waals surface area (Å²) in [6.45, 7) is 1.30. The number of benzene rings is 1. The molecule has 0 saturated carbocycles. The second-order valence-corrected chi connectivity index (χ2v) is 4.17. The van der Waals surface area contributed by atoms with E-state index in [4.69, 9.17) is 21.6 Å². The average molecular weight is 239 g/mol. The maximum absolute atomic E-state index is 8.60. The zero-order valence-corrected chi connectivity index (χ0v) is 10.2. The van der Waals surface area contributed by atoms with E-state index in [2.05, 4.69) is 0 Å². The van der Waals surface area contributed by atoms with Gasteiger partial charge in [-0.05, 0) is 24.7 Å². The first kappa shape index (κ1) is 12.8. The molecule has 1 atom stereocenters. The van der Waals surface area contributed by atoms with Gasteiger partial charge in [0.15, 0.2) is 0 Å². The first-order valence-corrected chi connectivity index (χ1v) is 5.44. The van der Waals surface area contributed by atoms with Crippen molar-refractivity contribution in [3.8, 4) is 11.8 Å². The van der Waals surface area contributed by atoms with Crippen molar-refractivity contribution in [2.24, 2.45) is 0 Å². The molecule has 3 nitrogen and oxygen atoms in total. The monoisotopic (exact) mass is 238 g/mol. The molecule has 0 aliphatic carbocycles. The molecule has 0 saturated heterocycles. The van der Waals surface area contributed by atoms with Gasteiger partial charge < -0.3 is 4.74 Å². The fourth-order valence-corrected chi connectivity index (χ4v) is 1.70. The van der Waals surface area contributed by atoms with Crippen LogP contribution < -0.4 is 4.74 Å². The molecule has 0 bridgehead atoms. The van der Waals surface area contributed by atoms with E-state index < -0.39 is 5.38 Å². The lowest BCUT2D eigenvalue weighted by Crippen LogP contribution is -2.24. The molecule has 86 valence electrons. The van der Waals surface area contributed by atoms with Crippen molar-refractivity contribution in [3.63, 3.8) is 0 Å². The molecule has 0 aliphatic heterocycles. The summed E-state index contributed by atoms with van der Waals surface area (Å²) in [5.74, 6) is 0.841. The number of nitriles is 1. The van der Waals surface area contributed by atoms with Crippen LogP contribution in [-0.2, 0) is 6.54 Å². The summed E-state index contributed by atoms with van der Waals surface area (Å²) in [5, 5.41) is 8.14. The van der Waals surface area contributed by atoms with Gasteiger partial charge in [-0.25, -0.2) is 0 Å². The Morgan fingerprint density at radius 1 is 1.56 bits per heavy atom. The van der Waals surface area contributed by atoms with Crippen molar-refractivity contribution in [2.75, 3.05) is 20.7 Å². The van der Waals surface area contributed by atoms with Gasteiger partial charge in [0, 0.05) is 13.1 Å². The Hall–Kier alpha value is -1.24. The Morgan fingerprint density at radius 3 is 2.94 bits per heavy atom. The third kappa shape index (κ3) is 4.09. The van der Waals surface area contributed by atoms with E-state index in [9.17, 15) is 0 Å². The van der Waals surface area contributed by atoms with Crippen molar-refractivity contribution in [1.82, 2.24) is 4.90 Å². The van der Waals surface area contributed by atoms with Crippen LogP contribution in [0.1, 0.15) is 5.56 Å². The maximum atomic E-state index is 8.60. The van der Waals surface area contributed by atoms with Crippen LogP contribution in [0, 0.1) is 11.3 Å². The summed E-state index contributed by atoms with van der Waals surface area (Å²) in [7, 11) is 3.58. The van der Waals surface area contributed by atoms with Crippen LogP contribution in [0.5, 0.6) is 5.75 Å². The number of halogens is 1. The second kappa shape index (κ2) is 6.37. The smallest absolute Gasteiger partial charge is 0.133 e. The van der Waals surface area contributed by atoms with E-state index in [1.165, 1.54) is 0 Å². The Morgan fingerprint density at radius 2 is 2.31 bits per heavy atom. The molecule has 0 aromatic heterocycles. The van der Waals surface area contributed by atoms with Gasteiger partial charge in [-0.1, -0.05) is 12.1 Å². The van der Waals surface area contributed by atoms with Crippen LogP contribution in [0.15, 0.2) is 24.3 Å². The Kier molecular flexibility index (Phi) is 5.10. The predicted octanol–water partition coefficient (Wildman–Crippen LogP) is 2.26. The van der Waals surface area contributed by atoms with E-state index in [-0.39, 0.29) is 0 Å². The minimum Gasteiger partial charge on any atom is -0.497 e. The topological polar surface area (TPSA) is 36.3 Å². The van der Waals surface area contributed by atoms with Crippen LogP contribution in [0.3, 0.4) is 0 Å². The quantitative estimate of drug-likeness (QED) is 0.739. The van der Waals surface area contributed by atoms with Gasteiger partial charge in [0.05, 0.1) is 13.2 Å². The molecule has 0 amide bonds. The Bertz CT molecular complexity index is 376. The standard InChI is InChI=1S/C12H15ClN2O/c1-15(9-11(13)7-14)8-10-4-3-5-12(6-10)16-2/h3-6,11H,8-9H2,1-2H3. The second-order valence-electron chi connectivity index (χ2n) is 3.64. The molecule has 0 heterocycles. The van der Waals surface area contributed by atoms with Crippen LogP contribution in [0.2, 0.25) is 0 Å². The highest BCUT2D eigenvalue weighted by Gasteiger charge is 2.07. The molecule has 4 heteroatoms. The van der Waals surface area contributed by atoms with E-state index in [1.807, 2.05) is 42.3 Å². The Labute approximate surface area is 101 Å². The molecule has 1 aromatic rings. The van der Waals surface area contributed by atoms with Crippen molar-refractivity contribution in [1.29, 1.82) is 5.26 Å². The SMILES string of the molecule is COc1cccc(CN(C)CC(Cl)C#N)c1. The number of ether oxygens (including phenoxy) is 1. The molecule has 1 rings (SSSR count). The molecule has 0 spiro atoms. The molecular weight excluding hydrogens is 224 g/mol. The highest BCUT2D eigenvalue weighted by atomic mass is 35.5. The van der Waals surface area contributed by atoms with E-state index >= 15 is 0 Å². The molecule has 0 radical (unpaired) electrons. The third-order valence-electron chi connectivity index (χ3n) is 2.20. The number of methoxy groups -OCH3 is 1. The number of hydrogen-bond acceptors (Lipinski definition) is 3. The van der Waals surface area contributed by atoms with E-state index in [1.54, 1.807) is 7.11 Å². The number of alkyl halides is 1. The highest BCUT2D eigenvalue weighted by Crippen LogP contribution is 2.14. The summed E-state index contributed by atoms with van der Waals surface area (Å²) < 4.78 is 5.14. The van der Waals surface area contributed by atoms with Crippen LogP contribution in [-0.4, -0.2) is 31.0 Å². The van der Waals surface area contributed by atoms with Crippen LogP contribution >= 0.6 is 11.6 Å². The Balaban J connectivity index is 2.56. The maximum Gasteiger partial charge on any atom is 0.133 e. The summed E-state index contributed by atoms with van der Waals surface area (Å²) >= 11 is 5.76. The highest BCUT2D eigenvalue weighted by molar-refractivity contribution is 6.22. The minimum absolute atomic E-state index is 0.462. The summed E-state index contributed by atoms with van der Waals surface area (Å²) in [4.78, 5) is 2.01. The van der Waals surface area contributed by atoms with Gasteiger partial charge >= 0.3 is 0 Å². The largest absolute Gasteiger partial charge is 0.497 e. The summed E-state index contributed by atoms with van der Waals surface area (Å²) in [5.41, 5.74) is 1.14. The number of rotatable bonds is 5. The zero-order valence-electron chi connectivity index (χ0n) is 9.48. The first-order valence-electron chi connectivity index (χ1n) is 5.01. The molecule has 0 fully saturated rings. The van der Waals surface area contributed by atoms with Gasteiger partial charge in [0.25, 0.3) is 0 Å². The van der Waals surface area contributed by atoms with Crippen LogP contribution in [0.4, 0.5) is 0 Å². The lowest BCUT2D eigenvalue weighted by Gasteiger charge is -2.17. The molecule has 16 heavy (non-hydrogen) atoms. The molecule has 0 aliphatic rings. The van der Waals surface area contributed by atoms with Gasteiger partial charge in [0.1, 0.15) is 11.1 Å². The van der Waals surface area contributed by atoms with Gasteiger partial charge in [-0.15, -0.1) is 11.6 Å². The third-order valence-corrected chi connectivity index (χ3v) is 2.43.